The Kier molecular flexibility index (Phi) is 50.4. The van der Waals surface area contributed by atoms with Crippen LogP contribution in [0.15, 0.2) is 212 Å². The van der Waals surface area contributed by atoms with Crippen LogP contribution in [0.4, 0.5) is 28.8 Å². The van der Waals surface area contributed by atoms with Crippen molar-refractivity contribution in [1.82, 2.24) is 74.4 Å². The molecule has 36 heteroatoms. The number of carbonyl (C=O) groups is 15. The van der Waals surface area contributed by atoms with Crippen molar-refractivity contribution in [2.75, 3.05) is 39.8 Å². The van der Waals surface area contributed by atoms with Crippen LogP contribution >= 0.6 is 0 Å². The first-order valence-corrected chi connectivity index (χ1v) is 47.3. The van der Waals surface area contributed by atoms with E-state index in [1.165, 1.54) is 6.92 Å². The number of unbranched alkanes of at least 4 members (excludes halogenated alkanes) is 5. The molecule has 7 aromatic rings. The minimum atomic E-state index is -1.53. The molecule has 0 unspecified atom stereocenters. The molecule has 0 aliphatic heterocycles. The summed E-state index contributed by atoms with van der Waals surface area (Å²) in [5.74, 6) is -8.04. The summed E-state index contributed by atoms with van der Waals surface area (Å²) in [6.07, 6.45) is -3.03. The van der Waals surface area contributed by atoms with E-state index in [2.05, 4.69) is 74.4 Å². The molecule has 0 aliphatic rings. The van der Waals surface area contributed by atoms with Gasteiger partial charge < -0.3 is 108 Å². The molecule has 0 bridgehead atoms. The summed E-state index contributed by atoms with van der Waals surface area (Å²) in [6.45, 7) is 10.2. The average molecular weight is 1920 g/mol. The van der Waals surface area contributed by atoms with Gasteiger partial charge in [-0.2, -0.15) is 0 Å². The van der Waals surface area contributed by atoms with Crippen LogP contribution in [0.1, 0.15) is 183 Å². The Balaban J connectivity index is 1.15. The molecule has 14 N–H and O–H groups in total. The van der Waals surface area contributed by atoms with Crippen molar-refractivity contribution in [3.63, 3.8) is 0 Å². The Morgan fingerprint density at radius 1 is 0.252 bits per heavy atom. The molecule has 0 aromatic heterocycles. The van der Waals surface area contributed by atoms with Gasteiger partial charge in [0.1, 0.15) is 93.0 Å². The number of methoxy groups -OCH3 is 1. The molecule has 7 rings (SSSR count). The number of esters is 1. The minimum Gasteiger partial charge on any atom is -0.467 e. The maximum atomic E-state index is 15.4. The smallest absolute Gasteiger partial charge is 0.408 e. The van der Waals surface area contributed by atoms with E-state index in [-0.39, 0.29) is 181 Å². The van der Waals surface area contributed by atoms with Gasteiger partial charge in [-0.05, 0) is 175 Å². The highest BCUT2D eigenvalue weighted by Crippen LogP contribution is 2.18. The van der Waals surface area contributed by atoms with E-state index in [1.54, 1.807) is 192 Å². The number of rotatable bonds is 59. The van der Waals surface area contributed by atoms with Gasteiger partial charge in [0, 0.05) is 45.6 Å². The summed E-state index contributed by atoms with van der Waals surface area (Å²) in [5.41, 5.74) is 4.04. The predicted molar refractivity (Wildman–Crippen MR) is 518 cm³/mol. The van der Waals surface area contributed by atoms with Gasteiger partial charge in [-0.1, -0.05) is 226 Å². The van der Waals surface area contributed by atoms with Crippen molar-refractivity contribution < 1.29 is 105 Å². The van der Waals surface area contributed by atoms with Gasteiger partial charge in [0.15, 0.2) is 0 Å². The summed E-state index contributed by atoms with van der Waals surface area (Å²) in [4.78, 5) is 212. The van der Waals surface area contributed by atoms with Crippen LogP contribution in [0, 0.1) is 5.92 Å². The minimum absolute atomic E-state index is 0.00279. The van der Waals surface area contributed by atoms with Gasteiger partial charge >= 0.3 is 42.5 Å². The number of benzene rings is 7. The van der Waals surface area contributed by atoms with Crippen molar-refractivity contribution in [3.05, 3.63) is 251 Å². The van der Waals surface area contributed by atoms with Gasteiger partial charge in [0.25, 0.3) is 0 Å². The van der Waals surface area contributed by atoms with Crippen molar-refractivity contribution in [2.24, 2.45) is 5.92 Å². The van der Waals surface area contributed by atoms with Crippen LogP contribution in [0.25, 0.3) is 0 Å². The van der Waals surface area contributed by atoms with E-state index >= 15 is 24.0 Å². The Morgan fingerprint density at radius 2 is 0.475 bits per heavy atom. The van der Waals surface area contributed by atoms with E-state index in [1.807, 2.05) is 54.6 Å². The van der Waals surface area contributed by atoms with Crippen LogP contribution in [0.3, 0.4) is 0 Å². The molecule has 0 aliphatic carbocycles. The maximum absolute atomic E-state index is 15.4. The first-order chi connectivity index (χ1) is 66.9. The second-order valence-corrected chi connectivity index (χ2v) is 34.8. The topological polar surface area (TPSA) is 489 Å². The molecule has 139 heavy (non-hydrogen) atoms. The highest BCUT2D eigenvalue weighted by Gasteiger charge is 2.37. The quantitative estimate of drug-likeness (QED) is 0.00956. The standard InChI is InChI=1S/C103H136N14O22/c1-71(2)63-85(114-95(125)86(64-73-39-15-8-16-40-73)115-93(123)84(117-102(132)139-103(4,5)6)57-33-38-62-108-101(131)138-70-79-51-27-14-28-52-79)94(124)113-82(55-31-36-60-106-99(129)136-68-77-47-23-12-24-48-77)91(121)111-80(53-29-34-58-104-97(127)134-66-75-43-19-10-20-44-75)89(119)109-72(3)88(118)110-81(54-30-35-59-105-98(128)135-67-76-45-21-11-22-46-76)90(120)112-83(56-32-37-61-107-100(130)137-69-78-49-25-13-26-50-78)92(122)116-87(96(126)133-7)65-74-41-17-9-18-42-74/h8-28,39-52,71-72,80-87H,29-38,53-70H2,1-7H3,(H,104,127)(H,105,128)(H,106,129)(H,107,130)(H,108,131)(H,109,119)(H,110,118)(H,111,121)(H,112,120)(H,113,124)(H,114,125)(H,115,123)(H,116,122)(H,117,132)/t72-,80-,81-,82-,83-,84-,85-,86-,87-/m0/s1. The Hall–Kier alpha value is -14.6. The number of hydrogen-bond acceptors (Lipinski definition) is 22. The van der Waals surface area contributed by atoms with Gasteiger partial charge in [-0.25, -0.2) is 33.6 Å². The van der Waals surface area contributed by atoms with Gasteiger partial charge in [-0.15, -0.1) is 0 Å². The van der Waals surface area contributed by atoms with Crippen molar-refractivity contribution >= 4 is 89.8 Å². The monoisotopic (exact) mass is 1920 g/mol. The van der Waals surface area contributed by atoms with Crippen molar-refractivity contribution in [3.8, 4) is 0 Å². The molecule has 7 aromatic carbocycles. The van der Waals surface area contributed by atoms with E-state index < -0.39 is 150 Å². The van der Waals surface area contributed by atoms with E-state index in [9.17, 15) is 47.9 Å². The third kappa shape index (κ3) is 46.7. The van der Waals surface area contributed by atoms with Crippen molar-refractivity contribution in [2.45, 2.75) is 250 Å². The van der Waals surface area contributed by atoms with E-state index in [0.717, 1.165) is 34.9 Å². The average Bonchev–Trinajstić information content (AvgIpc) is 0.852. The summed E-state index contributed by atoms with van der Waals surface area (Å²) in [5, 5.41) is 38.3. The maximum Gasteiger partial charge on any atom is 0.408 e. The first kappa shape index (κ1) is 111. The summed E-state index contributed by atoms with van der Waals surface area (Å²) in [6, 6.07) is 49.7. The molecule has 14 amide bonds. The molecular weight excluding hydrogens is 1790 g/mol. The summed E-state index contributed by atoms with van der Waals surface area (Å²) >= 11 is 0. The second-order valence-electron chi connectivity index (χ2n) is 34.8. The third-order valence-corrected chi connectivity index (χ3v) is 21.6. The lowest BCUT2D eigenvalue weighted by atomic mass is 9.99. The van der Waals surface area contributed by atoms with Gasteiger partial charge in [0.2, 0.25) is 47.3 Å². The summed E-state index contributed by atoms with van der Waals surface area (Å²) in [7, 11) is 1.16. The van der Waals surface area contributed by atoms with Crippen LogP contribution in [0.2, 0.25) is 0 Å². The highest BCUT2D eigenvalue weighted by molar-refractivity contribution is 5.98. The second kappa shape index (κ2) is 62.9. The lowest BCUT2D eigenvalue weighted by Crippen LogP contribution is -2.60. The molecule has 0 fully saturated rings. The normalized spacial score (nSPS) is 12.9. The highest BCUT2D eigenvalue weighted by atomic mass is 16.6. The van der Waals surface area contributed by atoms with Crippen LogP contribution < -0.4 is 74.4 Å². The zero-order valence-corrected chi connectivity index (χ0v) is 80.3. The Labute approximate surface area is 812 Å². The first-order valence-electron chi connectivity index (χ1n) is 47.3. The van der Waals surface area contributed by atoms with Gasteiger partial charge in [-0.3, -0.25) is 38.4 Å². The number of hydrogen-bond donors (Lipinski definition) is 14. The van der Waals surface area contributed by atoms with Crippen LogP contribution in [-0.4, -0.2) is 190 Å². The number of alkyl carbamates (subject to hydrolysis) is 6. The summed E-state index contributed by atoms with van der Waals surface area (Å²) < 4.78 is 37.7. The van der Waals surface area contributed by atoms with Crippen LogP contribution in [-0.2, 0) is 122 Å². The molecule has 0 heterocycles. The Morgan fingerprint density at radius 3 is 0.748 bits per heavy atom. The van der Waals surface area contributed by atoms with Gasteiger partial charge in [0.05, 0.1) is 7.11 Å². The molecule has 0 saturated carbocycles. The lowest BCUT2D eigenvalue weighted by Gasteiger charge is -2.28. The lowest BCUT2D eigenvalue weighted by molar-refractivity contribution is -0.145. The van der Waals surface area contributed by atoms with E-state index in [0.29, 0.717) is 17.5 Å². The number of carbonyl (C=O) groups excluding carboxylic acids is 15. The predicted octanol–water partition coefficient (Wildman–Crippen LogP) is 11.0. The zero-order chi connectivity index (χ0) is 100. The molecule has 0 radical (unpaired) electrons. The molecule has 36 nitrogen and oxygen atoms in total. The zero-order valence-electron chi connectivity index (χ0n) is 80.3. The molecule has 0 saturated heterocycles. The third-order valence-electron chi connectivity index (χ3n) is 21.6. The number of amides is 14. The SMILES string of the molecule is COC(=O)[C@H](Cc1ccccc1)NC(=O)[C@H](CCCCNC(=O)OCc1ccccc1)NC(=O)[C@H](CCCCNC(=O)OCc1ccccc1)NC(=O)[C@H](C)NC(=O)[C@H](CCCCNC(=O)OCc1ccccc1)NC(=O)[C@H](CCCCNC(=O)OCc1ccccc1)NC(=O)[C@H](CC(C)C)NC(=O)[C@H](Cc1ccccc1)NC(=O)[C@H](CCCCNC(=O)OCc1ccccc1)NC(=O)OC(C)(C)C. The fraction of sp³-hybridized carbons (Fsp3) is 0.447. The fourth-order valence-corrected chi connectivity index (χ4v) is 14.2. The Bertz CT molecular complexity index is 4940. The molecule has 9 atom stereocenters. The number of ether oxygens (including phenoxy) is 7. The largest absolute Gasteiger partial charge is 0.467 e. The molecular formula is C103H136N14O22. The van der Waals surface area contributed by atoms with Crippen molar-refractivity contribution in [1.29, 1.82) is 0 Å². The fourth-order valence-electron chi connectivity index (χ4n) is 14.2. The molecule has 750 valence electrons. The van der Waals surface area contributed by atoms with E-state index in [4.69, 9.17) is 33.2 Å². The number of nitrogens with one attached hydrogen (secondary N) is 14. The molecule has 0 spiro atoms. The van der Waals surface area contributed by atoms with Crippen LogP contribution in [0.5, 0.6) is 0 Å².